The topological polar surface area (TPSA) is 35.6 Å². The molecule has 1 aliphatic carbocycles. The zero-order valence-corrected chi connectivity index (χ0v) is 15.6. The van der Waals surface area contributed by atoms with Crippen LogP contribution in [0.15, 0.2) is 11.6 Å². The van der Waals surface area contributed by atoms with Gasteiger partial charge in [-0.1, -0.05) is 18.6 Å². The summed E-state index contributed by atoms with van der Waals surface area (Å²) >= 11 is 0. The fourth-order valence-electron chi connectivity index (χ4n) is 4.76. The van der Waals surface area contributed by atoms with Crippen LogP contribution in [0.5, 0.6) is 0 Å². The Bertz CT molecular complexity index is 466. The molecule has 4 nitrogen and oxygen atoms in total. The van der Waals surface area contributed by atoms with Crippen molar-refractivity contribution in [2.45, 2.75) is 64.3 Å². The van der Waals surface area contributed by atoms with Crippen LogP contribution < -0.4 is 5.32 Å². The average molecular weight is 334 g/mol. The summed E-state index contributed by atoms with van der Waals surface area (Å²) in [5.41, 5.74) is 1.82. The molecule has 0 unspecified atom stereocenters. The van der Waals surface area contributed by atoms with E-state index in [-0.39, 0.29) is 11.9 Å². The van der Waals surface area contributed by atoms with E-state index in [1.165, 1.54) is 57.2 Å². The summed E-state index contributed by atoms with van der Waals surface area (Å²) in [6.07, 6.45) is 12.0. The van der Waals surface area contributed by atoms with Gasteiger partial charge in [0.1, 0.15) is 0 Å². The standard InChI is InChI=1S/C20H35N3O/c1-3-11-23-16-20(9-12-22(2)13-10-20)14-18(23)19(24)21-15-17-7-5-4-6-8-17/h7,18H,3-6,8-16H2,1-2H3,(H,21,24)/t18-/m1/s1. The lowest BCUT2D eigenvalue weighted by Crippen LogP contribution is -2.44. The third-order valence-corrected chi connectivity index (χ3v) is 6.34. The van der Waals surface area contributed by atoms with Crippen molar-refractivity contribution in [1.29, 1.82) is 0 Å². The van der Waals surface area contributed by atoms with Crippen LogP contribution in [0.1, 0.15) is 58.3 Å². The molecule has 1 N–H and O–H groups in total. The van der Waals surface area contributed by atoms with Crippen LogP contribution in [-0.4, -0.2) is 61.5 Å². The molecule has 4 heteroatoms. The van der Waals surface area contributed by atoms with Gasteiger partial charge in [0.05, 0.1) is 6.04 Å². The van der Waals surface area contributed by atoms with Crippen LogP contribution in [0.25, 0.3) is 0 Å². The van der Waals surface area contributed by atoms with E-state index in [2.05, 4.69) is 35.2 Å². The molecule has 0 aromatic rings. The van der Waals surface area contributed by atoms with Gasteiger partial charge in [-0.05, 0) is 83.5 Å². The number of amides is 1. The molecular weight excluding hydrogens is 298 g/mol. The molecule has 0 saturated carbocycles. The van der Waals surface area contributed by atoms with Crippen LogP contribution in [0.3, 0.4) is 0 Å². The van der Waals surface area contributed by atoms with Crippen LogP contribution in [-0.2, 0) is 4.79 Å². The lowest BCUT2D eigenvalue weighted by Gasteiger charge is -2.37. The fourth-order valence-corrected chi connectivity index (χ4v) is 4.76. The van der Waals surface area contributed by atoms with E-state index >= 15 is 0 Å². The molecule has 0 bridgehead atoms. The molecule has 1 atom stereocenters. The maximum atomic E-state index is 12.9. The Kier molecular flexibility index (Phi) is 5.98. The predicted molar refractivity (Wildman–Crippen MR) is 99.0 cm³/mol. The molecule has 3 rings (SSSR count). The quantitative estimate of drug-likeness (QED) is 0.786. The van der Waals surface area contributed by atoms with Crippen LogP contribution in [0, 0.1) is 5.41 Å². The highest BCUT2D eigenvalue weighted by Crippen LogP contribution is 2.43. The first-order chi connectivity index (χ1) is 11.6. The molecule has 0 radical (unpaired) electrons. The Hall–Kier alpha value is -0.870. The summed E-state index contributed by atoms with van der Waals surface area (Å²) in [5, 5.41) is 3.25. The fraction of sp³-hybridized carbons (Fsp3) is 0.850. The smallest absolute Gasteiger partial charge is 0.237 e. The Balaban J connectivity index is 1.59. The normalized spacial score (nSPS) is 28.1. The van der Waals surface area contributed by atoms with E-state index in [0.717, 1.165) is 32.5 Å². The van der Waals surface area contributed by atoms with E-state index in [9.17, 15) is 4.79 Å². The third-order valence-electron chi connectivity index (χ3n) is 6.34. The number of rotatable bonds is 5. The summed E-state index contributed by atoms with van der Waals surface area (Å²) in [4.78, 5) is 17.8. The van der Waals surface area contributed by atoms with Crippen molar-refractivity contribution in [3.63, 3.8) is 0 Å². The summed E-state index contributed by atoms with van der Waals surface area (Å²) in [6.45, 7) is 7.53. The zero-order valence-electron chi connectivity index (χ0n) is 15.6. The second-order valence-electron chi connectivity index (χ2n) is 8.32. The number of allylic oxidation sites excluding steroid dienone is 1. The number of nitrogens with zero attached hydrogens (tertiary/aromatic N) is 2. The van der Waals surface area contributed by atoms with Crippen LogP contribution in [0.2, 0.25) is 0 Å². The number of likely N-dealkylation sites (tertiary alicyclic amines) is 2. The molecule has 2 aliphatic heterocycles. The Morgan fingerprint density at radius 2 is 2.12 bits per heavy atom. The van der Waals surface area contributed by atoms with Crippen molar-refractivity contribution in [1.82, 2.24) is 15.1 Å². The first-order valence-corrected chi connectivity index (χ1v) is 10.0. The maximum Gasteiger partial charge on any atom is 0.237 e. The Morgan fingerprint density at radius 3 is 2.79 bits per heavy atom. The highest BCUT2D eigenvalue weighted by molar-refractivity contribution is 5.82. The van der Waals surface area contributed by atoms with E-state index in [0.29, 0.717) is 5.41 Å². The van der Waals surface area contributed by atoms with Gasteiger partial charge in [0.2, 0.25) is 5.91 Å². The molecule has 1 spiro atoms. The second-order valence-corrected chi connectivity index (χ2v) is 8.32. The molecule has 136 valence electrons. The van der Waals surface area contributed by atoms with E-state index in [4.69, 9.17) is 0 Å². The highest BCUT2D eigenvalue weighted by Gasteiger charge is 2.47. The minimum absolute atomic E-state index is 0.0950. The molecule has 0 aromatic heterocycles. The van der Waals surface area contributed by atoms with Crippen molar-refractivity contribution in [2.24, 2.45) is 5.41 Å². The highest BCUT2D eigenvalue weighted by atomic mass is 16.2. The van der Waals surface area contributed by atoms with Gasteiger partial charge < -0.3 is 10.2 Å². The lowest BCUT2D eigenvalue weighted by atomic mass is 9.76. The molecule has 1 amide bonds. The van der Waals surface area contributed by atoms with Gasteiger partial charge in [0.25, 0.3) is 0 Å². The first kappa shape index (κ1) is 17.9. The van der Waals surface area contributed by atoms with Crippen molar-refractivity contribution < 1.29 is 4.79 Å². The molecule has 3 aliphatic rings. The van der Waals surface area contributed by atoms with Gasteiger partial charge in [-0.2, -0.15) is 0 Å². The van der Waals surface area contributed by atoms with Crippen molar-refractivity contribution in [3.8, 4) is 0 Å². The van der Waals surface area contributed by atoms with E-state index in [1.54, 1.807) is 0 Å². The number of carbonyl (C=O) groups is 1. The Morgan fingerprint density at radius 1 is 1.33 bits per heavy atom. The molecule has 2 fully saturated rings. The van der Waals surface area contributed by atoms with Crippen LogP contribution >= 0.6 is 0 Å². The summed E-state index contributed by atoms with van der Waals surface area (Å²) < 4.78 is 0. The maximum absolute atomic E-state index is 12.9. The molecular formula is C20H35N3O. The molecule has 2 heterocycles. The van der Waals surface area contributed by atoms with Crippen molar-refractivity contribution in [3.05, 3.63) is 11.6 Å². The van der Waals surface area contributed by atoms with E-state index in [1.807, 2.05) is 0 Å². The number of carbonyl (C=O) groups excluding carboxylic acids is 1. The monoisotopic (exact) mass is 333 g/mol. The van der Waals surface area contributed by atoms with Gasteiger partial charge in [0.15, 0.2) is 0 Å². The minimum Gasteiger partial charge on any atom is -0.351 e. The number of hydrogen-bond donors (Lipinski definition) is 1. The van der Waals surface area contributed by atoms with Gasteiger partial charge in [-0.25, -0.2) is 0 Å². The average Bonchev–Trinajstić information content (AvgIpc) is 2.95. The lowest BCUT2D eigenvalue weighted by molar-refractivity contribution is -0.125. The second kappa shape index (κ2) is 8.01. The number of piperidine rings is 1. The Labute approximate surface area is 147 Å². The minimum atomic E-state index is 0.0950. The third kappa shape index (κ3) is 4.20. The van der Waals surface area contributed by atoms with Gasteiger partial charge >= 0.3 is 0 Å². The van der Waals surface area contributed by atoms with Crippen molar-refractivity contribution in [2.75, 3.05) is 39.8 Å². The van der Waals surface area contributed by atoms with Gasteiger partial charge in [-0.3, -0.25) is 9.69 Å². The predicted octanol–water partition coefficient (Wildman–Crippen LogP) is 2.80. The SMILES string of the molecule is CCCN1CC2(CCN(C)CC2)C[C@@H]1C(=O)NCC1=CCCCC1. The first-order valence-electron chi connectivity index (χ1n) is 10.0. The van der Waals surface area contributed by atoms with Gasteiger partial charge in [-0.15, -0.1) is 0 Å². The molecule has 24 heavy (non-hydrogen) atoms. The summed E-state index contributed by atoms with van der Waals surface area (Å²) in [5.74, 6) is 0.269. The van der Waals surface area contributed by atoms with Crippen molar-refractivity contribution >= 4 is 5.91 Å². The number of nitrogens with one attached hydrogen (secondary N) is 1. The molecule has 2 saturated heterocycles. The zero-order chi connectivity index (χ0) is 17.0. The largest absolute Gasteiger partial charge is 0.351 e. The molecule has 0 aromatic carbocycles. The van der Waals surface area contributed by atoms with Crippen LogP contribution in [0.4, 0.5) is 0 Å². The number of hydrogen-bond acceptors (Lipinski definition) is 3. The van der Waals surface area contributed by atoms with E-state index < -0.39 is 0 Å². The summed E-state index contributed by atoms with van der Waals surface area (Å²) in [7, 11) is 2.22. The summed E-state index contributed by atoms with van der Waals surface area (Å²) in [6, 6.07) is 0.0950. The van der Waals surface area contributed by atoms with Gasteiger partial charge in [0, 0.05) is 13.1 Å².